The number of rotatable bonds is 4. The van der Waals surface area contributed by atoms with E-state index in [9.17, 15) is 4.79 Å². The van der Waals surface area contributed by atoms with Crippen LogP contribution in [0.15, 0.2) is 0 Å². The summed E-state index contributed by atoms with van der Waals surface area (Å²) in [5, 5.41) is 0. The first-order chi connectivity index (χ1) is 5.95. The topological polar surface area (TPSA) is 35.5 Å². The number of carbonyl (C=O) groups is 1. The lowest BCUT2D eigenvalue weighted by molar-refractivity contribution is -0.00766. The fraction of sp³-hybridized carbons (Fsp3) is 0.900. The van der Waals surface area contributed by atoms with E-state index >= 15 is 0 Å². The second-order valence-corrected chi connectivity index (χ2v) is 4.02. The molecule has 0 aromatic rings. The molecule has 0 aromatic carbocycles. The van der Waals surface area contributed by atoms with Crippen LogP contribution in [0.3, 0.4) is 0 Å². The highest BCUT2D eigenvalue weighted by atomic mass is 16.7. The Bertz CT molecular complexity index is 147. The zero-order chi connectivity index (χ0) is 10.3. The lowest BCUT2D eigenvalue weighted by Crippen LogP contribution is -2.24. The molecule has 0 unspecified atom stereocenters. The lowest BCUT2D eigenvalue weighted by atomic mass is 10.2. The molecule has 0 spiro atoms. The first-order valence-electron chi connectivity index (χ1n) is 4.81. The Hall–Kier alpha value is -0.730. The van der Waals surface area contributed by atoms with Crippen LogP contribution in [-0.2, 0) is 9.47 Å². The molecule has 78 valence electrons. The lowest BCUT2D eigenvalue weighted by Gasteiger charge is -2.18. The van der Waals surface area contributed by atoms with E-state index in [1.165, 1.54) is 0 Å². The molecule has 0 saturated carbocycles. The SMILES string of the molecule is CCCCCOC(=O)OC(C)(C)C. The van der Waals surface area contributed by atoms with Crippen LogP contribution in [0.5, 0.6) is 0 Å². The quantitative estimate of drug-likeness (QED) is 0.502. The van der Waals surface area contributed by atoms with Crippen LogP contribution < -0.4 is 0 Å². The molecule has 0 rings (SSSR count). The van der Waals surface area contributed by atoms with Gasteiger partial charge in [-0.25, -0.2) is 4.79 Å². The molecule has 0 amide bonds. The molecule has 0 N–H and O–H groups in total. The number of hydrogen-bond donors (Lipinski definition) is 0. The molecule has 0 atom stereocenters. The van der Waals surface area contributed by atoms with Crippen LogP contribution in [0.1, 0.15) is 47.0 Å². The highest BCUT2D eigenvalue weighted by Gasteiger charge is 2.16. The first-order valence-corrected chi connectivity index (χ1v) is 4.81. The summed E-state index contributed by atoms with van der Waals surface area (Å²) >= 11 is 0. The van der Waals surface area contributed by atoms with Gasteiger partial charge in [0, 0.05) is 0 Å². The summed E-state index contributed by atoms with van der Waals surface area (Å²) in [6, 6.07) is 0. The maximum atomic E-state index is 11.0. The van der Waals surface area contributed by atoms with Gasteiger partial charge in [-0.3, -0.25) is 0 Å². The van der Waals surface area contributed by atoms with E-state index < -0.39 is 11.8 Å². The van der Waals surface area contributed by atoms with E-state index in [-0.39, 0.29) is 0 Å². The largest absolute Gasteiger partial charge is 0.508 e. The molecule has 0 aliphatic rings. The average Bonchev–Trinajstić information content (AvgIpc) is 1.94. The van der Waals surface area contributed by atoms with Gasteiger partial charge in [-0.05, 0) is 27.2 Å². The highest BCUT2D eigenvalue weighted by Crippen LogP contribution is 2.08. The average molecular weight is 188 g/mol. The van der Waals surface area contributed by atoms with Crippen molar-refractivity contribution in [3.05, 3.63) is 0 Å². The molecule has 0 heterocycles. The zero-order valence-corrected chi connectivity index (χ0v) is 9.05. The summed E-state index contributed by atoms with van der Waals surface area (Å²) < 4.78 is 9.82. The normalized spacial score (nSPS) is 11.1. The standard InChI is InChI=1S/C10H20O3/c1-5-6-7-8-12-9(11)13-10(2,3)4/h5-8H2,1-4H3. The van der Waals surface area contributed by atoms with Gasteiger partial charge in [0.15, 0.2) is 0 Å². The van der Waals surface area contributed by atoms with Crippen molar-refractivity contribution in [2.75, 3.05) is 6.61 Å². The van der Waals surface area contributed by atoms with Gasteiger partial charge in [-0.2, -0.15) is 0 Å². The third-order valence-corrected chi connectivity index (χ3v) is 1.36. The second kappa shape index (κ2) is 5.84. The summed E-state index contributed by atoms with van der Waals surface area (Å²) in [5.41, 5.74) is -0.457. The van der Waals surface area contributed by atoms with Crippen LogP contribution in [0.25, 0.3) is 0 Å². The van der Waals surface area contributed by atoms with Crippen molar-refractivity contribution < 1.29 is 14.3 Å². The van der Waals surface area contributed by atoms with Crippen LogP contribution in [0.4, 0.5) is 4.79 Å². The second-order valence-electron chi connectivity index (χ2n) is 4.02. The molecule has 3 nitrogen and oxygen atoms in total. The fourth-order valence-electron chi connectivity index (χ4n) is 0.787. The summed E-state index contributed by atoms with van der Waals surface area (Å²) in [5.74, 6) is 0. The van der Waals surface area contributed by atoms with Crippen molar-refractivity contribution in [1.82, 2.24) is 0 Å². The van der Waals surface area contributed by atoms with Gasteiger partial charge < -0.3 is 9.47 Å². The van der Waals surface area contributed by atoms with E-state index in [1.807, 2.05) is 20.8 Å². The van der Waals surface area contributed by atoms with Crippen LogP contribution in [0, 0.1) is 0 Å². The van der Waals surface area contributed by atoms with Crippen molar-refractivity contribution in [3.63, 3.8) is 0 Å². The molecule has 0 fully saturated rings. The minimum Gasteiger partial charge on any atom is -0.434 e. The monoisotopic (exact) mass is 188 g/mol. The highest BCUT2D eigenvalue weighted by molar-refractivity contribution is 5.60. The Labute approximate surface area is 80.4 Å². The smallest absolute Gasteiger partial charge is 0.434 e. The third-order valence-electron chi connectivity index (χ3n) is 1.36. The molecule has 13 heavy (non-hydrogen) atoms. The summed E-state index contributed by atoms with van der Waals surface area (Å²) in [7, 11) is 0. The van der Waals surface area contributed by atoms with Gasteiger partial charge in [0.1, 0.15) is 5.60 Å². The Morgan fingerprint density at radius 3 is 2.31 bits per heavy atom. The molecule has 0 radical (unpaired) electrons. The van der Waals surface area contributed by atoms with Gasteiger partial charge in [0.25, 0.3) is 0 Å². The third kappa shape index (κ3) is 9.18. The van der Waals surface area contributed by atoms with Crippen LogP contribution in [-0.4, -0.2) is 18.4 Å². The molecule has 0 aliphatic heterocycles. The number of carbonyl (C=O) groups excluding carboxylic acids is 1. The molecular weight excluding hydrogens is 168 g/mol. The van der Waals surface area contributed by atoms with E-state index in [4.69, 9.17) is 9.47 Å². The minimum absolute atomic E-state index is 0.457. The van der Waals surface area contributed by atoms with E-state index in [0.29, 0.717) is 6.61 Å². The van der Waals surface area contributed by atoms with Crippen molar-refractivity contribution in [3.8, 4) is 0 Å². The zero-order valence-electron chi connectivity index (χ0n) is 9.05. The molecule has 0 aromatic heterocycles. The van der Waals surface area contributed by atoms with E-state index in [0.717, 1.165) is 19.3 Å². The first kappa shape index (κ1) is 12.3. The van der Waals surface area contributed by atoms with Crippen molar-refractivity contribution in [2.45, 2.75) is 52.6 Å². The van der Waals surface area contributed by atoms with Crippen LogP contribution in [0.2, 0.25) is 0 Å². The van der Waals surface area contributed by atoms with Gasteiger partial charge in [-0.1, -0.05) is 19.8 Å². The molecule has 0 aliphatic carbocycles. The molecule has 3 heteroatoms. The van der Waals surface area contributed by atoms with Gasteiger partial charge in [-0.15, -0.1) is 0 Å². The maximum absolute atomic E-state index is 11.0. The predicted octanol–water partition coefficient (Wildman–Crippen LogP) is 3.13. The van der Waals surface area contributed by atoms with Gasteiger partial charge >= 0.3 is 6.16 Å². The van der Waals surface area contributed by atoms with E-state index in [1.54, 1.807) is 0 Å². The van der Waals surface area contributed by atoms with Crippen LogP contribution >= 0.6 is 0 Å². The maximum Gasteiger partial charge on any atom is 0.508 e. The fourth-order valence-corrected chi connectivity index (χ4v) is 0.787. The summed E-state index contributed by atoms with van der Waals surface area (Å²) in [6.07, 6.45) is 2.56. The Balaban J connectivity index is 3.41. The molecular formula is C10H20O3. The summed E-state index contributed by atoms with van der Waals surface area (Å²) in [6.45, 7) is 8.02. The number of unbranched alkanes of at least 4 members (excludes halogenated alkanes) is 2. The predicted molar refractivity (Wildman–Crippen MR) is 51.7 cm³/mol. The van der Waals surface area contributed by atoms with Crippen molar-refractivity contribution in [2.24, 2.45) is 0 Å². The summed E-state index contributed by atoms with van der Waals surface area (Å²) in [4.78, 5) is 11.0. The van der Waals surface area contributed by atoms with E-state index in [2.05, 4.69) is 6.92 Å². The molecule has 0 saturated heterocycles. The Kier molecular flexibility index (Phi) is 5.51. The Morgan fingerprint density at radius 1 is 1.23 bits per heavy atom. The van der Waals surface area contributed by atoms with Gasteiger partial charge in [0.05, 0.1) is 6.61 Å². The van der Waals surface area contributed by atoms with Crippen molar-refractivity contribution in [1.29, 1.82) is 0 Å². The number of ether oxygens (including phenoxy) is 2. The van der Waals surface area contributed by atoms with Crippen molar-refractivity contribution >= 4 is 6.16 Å². The van der Waals surface area contributed by atoms with Gasteiger partial charge in [0.2, 0.25) is 0 Å². The Morgan fingerprint density at radius 2 is 1.85 bits per heavy atom. The molecule has 0 bridgehead atoms. The minimum atomic E-state index is -0.566. The number of hydrogen-bond acceptors (Lipinski definition) is 3.